The summed E-state index contributed by atoms with van der Waals surface area (Å²) in [6, 6.07) is 4.45. The zero-order chi connectivity index (χ0) is 18.6. The molecule has 2 atom stereocenters. The number of H-pyrrole nitrogens is 1. The monoisotopic (exact) mass is 371 g/mol. The van der Waals surface area contributed by atoms with E-state index >= 15 is 0 Å². The zero-order valence-corrected chi connectivity index (χ0v) is 16.4. The largest absolute Gasteiger partial charge is 0.343 e. The van der Waals surface area contributed by atoms with Crippen LogP contribution in [0.25, 0.3) is 0 Å². The van der Waals surface area contributed by atoms with E-state index in [0.29, 0.717) is 18.2 Å². The minimum atomic E-state index is -0.0322. The second-order valence-electron chi connectivity index (χ2n) is 8.68. The van der Waals surface area contributed by atoms with Gasteiger partial charge >= 0.3 is 0 Å². The van der Waals surface area contributed by atoms with Crippen molar-refractivity contribution < 1.29 is 4.79 Å². The van der Waals surface area contributed by atoms with Gasteiger partial charge in [0.1, 0.15) is 0 Å². The first kappa shape index (κ1) is 18.7. The molecular formula is C22H33N3O2. The third-order valence-corrected chi connectivity index (χ3v) is 7.08. The minimum Gasteiger partial charge on any atom is -0.343 e. The van der Waals surface area contributed by atoms with Gasteiger partial charge in [0.2, 0.25) is 11.5 Å². The molecule has 4 heterocycles. The summed E-state index contributed by atoms with van der Waals surface area (Å²) in [5.41, 5.74) is 1.08. The van der Waals surface area contributed by atoms with E-state index in [2.05, 4.69) is 14.8 Å². The summed E-state index contributed by atoms with van der Waals surface area (Å²) >= 11 is 0. The van der Waals surface area contributed by atoms with Gasteiger partial charge in [0.15, 0.2) is 0 Å². The summed E-state index contributed by atoms with van der Waals surface area (Å²) in [4.78, 5) is 31.7. The second-order valence-corrected chi connectivity index (χ2v) is 8.68. The van der Waals surface area contributed by atoms with Crippen LogP contribution in [-0.4, -0.2) is 52.9 Å². The van der Waals surface area contributed by atoms with Gasteiger partial charge in [0.25, 0.3) is 0 Å². The quantitative estimate of drug-likeness (QED) is 0.885. The fraction of sp³-hybridized carbons (Fsp3) is 0.727. The van der Waals surface area contributed by atoms with Crippen molar-refractivity contribution in [3.8, 4) is 0 Å². The topological polar surface area (TPSA) is 56.4 Å². The van der Waals surface area contributed by atoms with E-state index < -0.39 is 0 Å². The number of hydrogen-bond donors (Lipinski definition) is 1. The van der Waals surface area contributed by atoms with Crippen LogP contribution in [0.1, 0.15) is 69.3 Å². The number of carbonyl (C=O) groups excluding carboxylic acids is 1. The average molecular weight is 372 g/mol. The number of nitrogens with one attached hydrogen (secondary N) is 1. The van der Waals surface area contributed by atoms with Crippen LogP contribution < -0.4 is 5.56 Å². The molecule has 4 rings (SSSR count). The Morgan fingerprint density at radius 2 is 1.85 bits per heavy atom. The van der Waals surface area contributed by atoms with Crippen molar-refractivity contribution in [1.29, 1.82) is 0 Å². The van der Waals surface area contributed by atoms with E-state index in [-0.39, 0.29) is 5.56 Å². The molecule has 3 saturated heterocycles. The lowest BCUT2D eigenvalue weighted by molar-refractivity contribution is -0.132. The van der Waals surface area contributed by atoms with Crippen molar-refractivity contribution >= 4 is 5.91 Å². The summed E-state index contributed by atoms with van der Waals surface area (Å²) in [6.45, 7) is 4.20. The van der Waals surface area contributed by atoms with E-state index in [1.807, 2.05) is 6.07 Å². The van der Waals surface area contributed by atoms with Gasteiger partial charge < -0.3 is 14.8 Å². The highest BCUT2D eigenvalue weighted by atomic mass is 16.2. The van der Waals surface area contributed by atoms with Crippen molar-refractivity contribution in [2.24, 2.45) is 5.92 Å². The van der Waals surface area contributed by atoms with Crippen LogP contribution in [0.5, 0.6) is 0 Å². The SMILES string of the molecule is O=C(CC[C@@H]1CCCN2CCCC[C@H]12)N1CCC(c2cc[nH]c(=O)c2)CC1. The number of carbonyl (C=O) groups is 1. The molecule has 3 fully saturated rings. The summed E-state index contributed by atoms with van der Waals surface area (Å²) in [5.74, 6) is 1.47. The van der Waals surface area contributed by atoms with E-state index in [4.69, 9.17) is 0 Å². The molecule has 3 aliphatic rings. The van der Waals surface area contributed by atoms with E-state index in [0.717, 1.165) is 49.9 Å². The van der Waals surface area contributed by atoms with Gasteiger partial charge in [-0.3, -0.25) is 9.59 Å². The van der Waals surface area contributed by atoms with E-state index in [1.54, 1.807) is 12.3 Å². The molecule has 5 nitrogen and oxygen atoms in total. The highest BCUT2D eigenvalue weighted by molar-refractivity contribution is 5.76. The Labute approximate surface area is 162 Å². The van der Waals surface area contributed by atoms with Gasteiger partial charge in [-0.05, 0) is 81.5 Å². The maximum absolute atomic E-state index is 12.8. The van der Waals surface area contributed by atoms with Crippen LogP contribution in [0.4, 0.5) is 0 Å². The molecule has 27 heavy (non-hydrogen) atoms. The zero-order valence-electron chi connectivity index (χ0n) is 16.4. The fourth-order valence-electron chi connectivity index (χ4n) is 5.56. The van der Waals surface area contributed by atoms with Crippen LogP contribution in [-0.2, 0) is 4.79 Å². The number of nitrogens with zero attached hydrogens (tertiary/aromatic N) is 2. The molecule has 1 aromatic heterocycles. The molecule has 3 aliphatic heterocycles. The first-order chi connectivity index (χ1) is 13.2. The predicted octanol–water partition coefficient (Wildman–Crippen LogP) is 3.13. The highest BCUT2D eigenvalue weighted by Crippen LogP contribution is 2.34. The Kier molecular flexibility index (Phi) is 5.96. The maximum Gasteiger partial charge on any atom is 0.248 e. The van der Waals surface area contributed by atoms with Gasteiger partial charge in [-0.2, -0.15) is 0 Å². The number of pyridine rings is 1. The number of aromatic amines is 1. The van der Waals surface area contributed by atoms with Gasteiger partial charge in [-0.15, -0.1) is 0 Å². The summed E-state index contributed by atoms with van der Waals surface area (Å²) in [6.07, 6.45) is 12.1. The third-order valence-electron chi connectivity index (χ3n) is 7.08. The van der Waals surface area contributed by atoms with Crippen LogP contribution in [0.15, 0.2) is 23.1 Å². The summed E-state index contributed by atoms with van der Waals surface area (Å²) < 4.78 is 0. The van der Waals surface area contributed by atoms with Crippen LogP contribution in [0.2, 0.25) is 0 Å². The normalized spacial score (nSPS) is 27.3. The lowest BCUT2D eigenvalue weighted by Gasteiger charge is -2.44. The molecule has 0 unspecified atom stereocenters. The Hall–Kier alpha value is -1.62. The Morgan fingerprint density at radius 3 is 2.67 bits per heavy atom. The lowest BCUT2D eigenvalue weighted by Crippen LogP contribution is -2.48. The average Bonchev–Trinajstić information content (AvgIpc) is 2.72. The summed E-state index contributed by atoms with van der Waals surface area (Å²) in [5, 5.41) is 0. The Bertz CT molecular complexity index is 691. The third kappa shape index (κ3) is 4.45. The second kappa shape index (κ2) is 8.59. The smallest absolute Gasteiger partial charge is 0.248 e. The number of rotatable bonds is 4. The van der Waals surface area contributed by atoms with Crippen LogP contribution >= 0.6 is 0 Å². The molecule has 0 aromatic carbocycles. The van der Waals surface area contributed by atoms with Gasteiger partial charge in [0, 0.05) is 37.8 Å². The lowest BCUT2D eigenvalue weighted by atomic mass is 9.81. The summed E-state index contributed by atoms with van der Waals surface area (Å²) in [7, 11) is 0. The van der Waals surface area contributed by atoms with Gasteiger partial charge in [-0.1, -0.05) is 6.42 Å². The van der Waals surface area contributed by atoms with Crippen LogP contribution in [0.3, 0.4) is 0 Å². The number of likely N-dealkylation sites (tertiary alicyclic amines) is 1. The van der Waals surface area contributed by atoms with E-state index in [9.17, 15) is 9.59 Å². The standard InChI is InChI=1S/C22H33N3O2/c26-21-16-19(8-11-23-21)17-9-14-25(15-10-17)22(27)7-6-18-4-3-13-24-12-2-1-5-20(18)24/h8,11,16-18,20H,1-7,9-10,12-15H2,(H,23,26)/t18-,20+/m0/s1. The van der Waals surface area contributed by atoms with Crippen molar-refractivity contribution in [1.82, 2.24) is 14.8 Å². The van der Waals surface area contributed by atoms with Crippen LogP contribution in [0, 0.1) is 5.92 Å². The maximum atomic E-state index is 12.8. The van der Waals surface area contributed by atoms with Gasteiger partial charge in [0.05, 0.1) is 0 Å². The van der Waals surface area contributed by atoms with Crippen molar-refractivity contribution in [3.63, 3.8) is 0 Å². The molecular weight excluding hydrogens is 338 g/mol. The molecule has 5 heteroatoms. The number of amides is 1. The minimum absolute atomic E-state index is 0.0322. The molecule has 0 spiro atoms. The molecule has 0 aliphatic carbocycles. The molecule has 1 aromatic rings. The molecule has 0 saturated carbocycles. The number of aromatic nitrogens is 1. The predicted molar refractivity (Wildman–Crippen MR) is 107 cm³/mol. The molecule has 1 amide bonds. The Balaban J connectivity index is 1.25. The van der Waals surface area contributed by atoms with Gasteiger partial charge in [-0.25, -0.2) is 0 Å². The first-order valence-electron chi connectivity index (χ1n) is 10.9. The van der Waals surface area contributed by atoms with Crippen molar-refractivity contribution in [2.45, 2.75) is 69.7 Å². The molecule has 0 radical (unpaired) electrons. The van der Waals surface area contributed by atoms with Crippen molar-refractivity contribution in [2.75, 3.05) is 26.2 Å². The van der Waals surface area contributed by atoms with Crippen molar-refractivity contribution in [3.05, 3.63) is 34.2 Å². The molecule has 148 valence electrons. The first-order valence-corrected chi connectivity index (χ1v) is 10.9. The van der Waals surface area contributed by atoms with E-state index in [1.165, 1.54) is 45.2 Å². The highest BCUT2D eigenvalue weighted by Gasteiger charge is 2.33. The molecule has 0 bridgehead atoms. The molecule has 1 N–H and O–H groups in total. The number of hydrogen-bond acceptors (Lipinski definition) is 3. The fourth-order valence-corrected chi connectivity index (χ4v) is 5.56. The number of piperidine rings is 3. The Morgan fingerprint density at radius 1 is 1.04 bits per heavy atom. The number of fused-ring (bicyclic) bond motifs is 1.